The van der Waals surface area contributed by atoms with Crippen LogP contribution in [0.25, 0.3) is 0 Å². The van der Waals surface area contributed by atoms with Crippen LogP contribution in [0.3, 0.4) is 0 Å². The van der Waals surface area contributed by atoms with Gasteiger partial charge in [0.25, 0.3) is 0 Å². The zero-order chi connectivity index (χ0) is 11.4. The lowest BCUT2D eigenvalue weighted by Crippen LogP contribution is -2.33. The summed E-state index contributed by atoms with van der Waals surface area (Å²) in [6.07, 6.45) is 8.78. The summed E-state index contributed by atoms with van der Waals surface area (Å²) in [6.45, 7) is 6.57. The van der Waals surface area contributed by atoms with E-state index in [1.807, 2.05) is 0 Å². The predicted molar refractivity (Wildman–Crippen MR) is 67.6 cm³/mol. The Bertz CT molecular complexity index is 203. The molecule has 2 heteroatoms. The van der Waals surface area contributed by atoms with Gasteiger partial charge in [-0.25, -0.2) is 0 Å². The maximum Gasteiger partial charge on any atom is 0.0601 e. The number of hydrogen-bond acceptors (Lipinski definition) is 2. The van der Waals surface area contributed by atoms with Gasteiger partial charge in [-0.15, -0.1) is 0 Å². The van der Waals surface area contributed by atoms with Crippen molar-refractivity contribution in [2.24, 2.45) is 11.8 Å². The van der Waals surface area contributed by atoms with Crippen molar-refractivity contribution in [1.82, 2.24) is 5.32 Å². The minimum absolute atomic E-state index is 0.534. The molecule has 0 bridgehead atoms. The van der Waals surface area contributed by atoms with Crippen molar-refractivity contribution in [1.29, 1.82) is 0 Å². The molecule has 0 radical (unpaired) electrons. The molecule has 2 saturated carbocycles. The summed E-state index contributed by atoms with van der Waals surface area (Å²) in [6, 6.07) is 0.701. The molecule has 3 atom stereocenters. The van der Waals surface area contributed by atoms with Gasteiger partial charge in [-0.2, -0.15) is 0 Å². The van der Waals surface area contributed by atoms with Gasteiger partial charge in [-0.05, 0) is 44.4 Å². The largest absolute Gasteiger partial charge is 0.377 e. The molecule has 1 N–H and O–H groups in total. The molecule has 0 aliphatic heterocycles. The summed E-state index contributed by atoms with van der Waals surface area (Å²) in [5.74, 6) is 1.73. The quantitative estimate of drug-likeness (QED) is 0.702. The molecule has 0 aromatic heterocycles. The molecule has 0 spiro atoms. The van der Waals surface area contributed by atoms with E-state index >= 15 is 0 Å². The molecule has 3 unspecified atom stereocenters. The summed E-state index contributed by atoms with van der Waals surface area (Å²) in [5.41, 5.74) is 0. The van der Waals surface area contributed by atoms with Crippen molar-refractivity contribution in [2.45, 2.75) is 64.5 Å². The third-order valence-corrected chi connectivity index (χ3v) is 4.26. The predicted octanol–water partition coefficient (Wildman–Crippen LogP) is 2.97. The average molecular weight is 225 g/mol. The summed E-state index contributed by atoms with van der Waals surface area (Å²) in [7, 11) is 0. The lowest BCUT2D eigenvalue weighted by molar-refractivity contribution is -0.00386. The van der Waals surface area contributed by atoms with Crippen LogP contribution in [-0.4, -0.2) is 25.3 Å². The first-order chi connectivity index (χ1) is 7.77. The van der Waals surface area contributed by atoms with Gasteiger partial charge < -0.3 is 10.1 Å². The Balaban J connectivity index is 1.52. The van der Waals surface area contributed by atoms with Crippen LogP contribution >= 0.6 is 0 Å². The summed E-state index contributed by atoms with van der Waals surface area (Å²) < 4.78 is 5.98. The fourth-order valence-electron chi connectivity index (χ4n) is 2.79. The molecule has 0 saturated heterocycles. The summed E-state index contributed by atoms with van der Waals surface area (Å²) in [4.78, 5) is 0. The highest BCUT2D eigenvalue weighted by Gasteiger charge is 2.27. The summed E-state index contributed by atoms with van der Waals surface area (Å²) >= 11 is 0. The van der Waals surface area contributed by atoms with E-state index in [2.05, 4.69) is 19.2 Å². The number of hydrogen-bond donors (Lipinski definition) is 1. The fourth-order valence-corrected chi connectivity index (χ4v) is 2.79. The van der Waals surface area contributed by atoms with Crippen LogP contribution < -0.4 is 5.32 Å². The lowest BCUT2D eigenvalue weighted by Gasteiger charge is -2.29. The van der Waals surface area contributed by atoms with Crippen molar-refractivity contribution in [3.63, 3.8) is 0 Å². The number of ether oxygens (including phenoxy) is 1. The molecule has 0 aromatic rings. The van der Waals surface area contributed by atoms with E-state index in [9.17, 15) is 0 Å². The first-order valence-electron chi connectivity index (χ1n) is 7.12. The first-order valence-corrected chi connectivity index (χ1v) is 7.12. The smallest absolute Gasteiger partial charge is 0.0601 e. The Labute approximate surface area is 100 Å². The Morgan fingerprint density at radius 3 is 2.62 bits per heavy atom. The van der Waals surface area contributed by atoms with Gasteiger partial charge in [0.2, 0.25) is 0 Å². The van der Waals surface area contributed by atoms with Crippen molar-refractivity contribution >= 4 is 0 Å². The van der Waals surface area contributed by atoms with Gasteiger partial charge >= 0.3 is 0 Å². The molecule has 2 aliphatic carbocycles. The molecule has 94 valence electrons. The van der Waals surface area contributed by atoms with Crippen LogP contribution in [0.1, 0.15) is 52.4 Å². The summed E-state index contributed by atoms with van der Waals surface area (Å²) in [5, 5.41) is 3.57. The van der Waals surface area contributed by atoms with Crippen LogP contribution in [0.2, 0.25) is 0 Å². The highest BCUT2D eigenvalue weighted by molar-refractivity contribution is 4.83. The van der Waals surface area contributed by atoms with E-state index in [4.69, 9.17) is 4.74 Å². The van der Waals surface area contributed by atoms with Crippen molar-refractivity contribution in [3.8, 4) is 0 Å². The molecule has 0 amide bonds. The van der Waals surface area contributed by atoms with Crippen LogP contribution in [-0.2, 0) is 4.74 Å². The van der Waals surface area contributed by atoms with Gasteiger partial charge in [-0.3, -0.25) is 0 Å². The highest BCUT2D eigenvalue weighted by Crippen LogP contribution is 2.32. The zero-order valence-electron chi connectivity index (χ0n) is 10.9. The number of rotatable bonds is 6. The third-order valence-electron chi connectivity index (χ3n) is 4.26. The monoisotopic (exact) mass is 225 g/mol. The maximum atomic E-state index is 5.98. The van der Waals surface area contributed by atoms with Crippen LogP contribution in [0.4, 0.5) is 0 Å². The minimum Gasteiger partial charge on any atom is -0.377 e. The van der Waals surface area contributed by atoms with Gasteiger partial charge in [0, 0.05) is 12.6 Å². The Morgan fingerprint density at radius 1 is 1.19 bits per heavy atom. The minimum atomic E-state index is 0.534. The lowest BCUT2D eigenvalue weighted by atomic mass is 9.88. The second-order valence-electron chi connectivity index (χ2n) is 5.75. The van der Waals surface area contributed by atoms with E-state index in [-0.39, 0.29) is 0 Å². The molecule has 0 heterocycles. The van der Waals surface area contributed by atoms with E-state index in [1.165, 1.54) is 38.5 Å². The maximum absolute atomic E-state index is 5.98. The second kappa shape index (κ2) is 6.02. The Hall–Kier alpha value is -0.0800. The third kappa shape index (κ3) is 3.74. The molecular formula is C14H27NO. The van der Waals surface area contributed by atoms with Crippen LogP contribution in [0, 0.1) is 11.8 Å². The van der Waals surface area contributed by atoms with Crippen molar-refractivity contribution < 1.29 is 4.74 Å². The van der Waals surface area contributed by atoms with Crippen molar-refractivity contribution in [2.75, 3.05) is 13.2 Å². The standard InChI is InChI=1S/C14H27NO/c1-11-5-3-4-6-14(11)16-10-9-15-12(2)13-7-8-13/h11-15H,3-10H2,1-2H3. The average Bonchev–Trinajstić information content (AvgIpc) is 3.10. The molecule has 16 heavy (non-hydrogen) atoms. The molecule has 2 rings (SSSR count). The topological polar surface area (TPSA) is 21.3 Å². The highest BCUT2D eigenvalue weighted by atomic mass is 16.5. The van der Waals surface area contributed by atoms with E-state index in [0.717, 1.165) is 25.0 Å². The second-order valence-corrected chi connectivity index (χ2v) is 5.75. The Kier molecular flexibility index (Phi) is 4.66. The van der Waals surface area contributed by atoms with Gasteiger partial charge in [0.15, 0.2) is 0 Å². The Morgan fingerprint density at radius 2 is 1.94 bits per heavy atom. The zero-order valence-corrected chi connectivity index (χ0v) is 10.9. The molecule has 2 fully saturated rings. The van der Waals surface area contributed by atoms with Crippen molar-refractivity contribution in [3.05, 3.63) is 0 Å². The van der Waals surface area contributed by atoms with Gasteiger partial charge in [0.05, 0.1) is 12.7 Å². The normalized spacial score (nSPS) is 32.6. The van der Waals surface area contributed by atoms with E-state index in [0.29, 0.717) is 12.1 Å². The van der Waals surface area contributed by atoms with Crippen LogP contribution in [0.5, 0.6) is 0 Å². The van der Waals surface area contributed by atoms with E-state index < -0.39 is 0 Å². The first kappa shape index (κ1) is 12.4. The number of nitrogens with one attached hydrogen (secondary N) is 1. The molecular weight excluding hydrogens is 198 g/mol. The van der Waals surface area contributed by atoms with Gasteiger partial charge in [0.1, 0.15) is 0 Å². The molecule has 2 nitrogen and oxygen atoms in total. The molecule has 0 aromatic carbocycles. The van der Waals surface area contributed by atoms with Gasteiger partial charge in [-0.1, -0.05) is 19.8 Å². The fraction of sp³-hybridized carbons (Fsp3) is 1.00. The van der Waals surface area contributed by atoms with Crippen LogP contribution in [0.15, 0.2) is 0 Å². The van der Waals surface area contributed by atoms with E-state index in [1.54, 1.807) is 0 Å². The SMILES string of the molecule is CC1CCCCC1OCCNC(C)C1CC1. The molecule has 2 aliphatic rings.